The number of amides is 10. The zero-order chi connectivity index (χ0) is 85.5. The third kappa shape index (κ3) is 40.5. The lowest BCUT2D eigenvalue weighted by molar-refractivity contribution is -0.0987. The zero-order valence-corrected chi connectivity index (χ0v) is 70.1. The number of hydrogen-bond donors (Lipinski definition) is 3. The van der Waals surface area contributed by atoms with E-state index in [4.69, 9.17) is 80.8 Å². The highest BCUT2D eigenvalue weighted by Gasteiger charge is 2.59. The summed E-state index contributed by atoms with van der Waals surface area (Å²) in [6.07, 6.45) is 7.21. The first-order valence-electron chi connectivity index (χ1n) is 36.4. The predicted octanol–water partition coefficient (Wildman–Crippen LogP) is 3.97. The molecular formula is C68H132N22O23. The van der Waals surface area contributed by atoms with Crippen molar-refractivity contribution in [2.45, 2.75) is 124 Å². The Morgan fingerprint density at radius 3 is 1.43 bits per heavy atom. The van der Waals surface area contributed by atoms with Gasteiger partial charge in [-0.25, -0.2) is 34.0 Å². The van der Waals surface area contributed by atoms with Gasteiger partial charge in [-0.05, 0) is 53.0 Å². The summed E-state index contributed by atoms with van der Waals surface area (Å²) in [5, 5.41) is 19.5. The number of anilines is 3. The van der Waals surface area contributed by atoms with Crippen molar-refractivity contribution in [3.63, 3.8) is 0 Å². The number of aryl methyl sites for hydroxylation is 1. The van der Waals surface area contributed by atoms with Gasteiger partial charge in [0, 0.05) is 131 Å². The van der Waals surface area contributed by atoms with E-state index in [-0.39, 0.29) is 89.0 Å². The lowest BCUT2D eigenvalue weighted by atomic mass is 10.3. The number of hydroxylamine groups is 1. The Hall–Kier alpha value is -8.39. The Kier molecular flexibility index (Phi) is 63.2. The standard InChI is InChI=1S/C24H46N4O6.C12H23N5O4.C9H16N6O3.C7H15N3O2.C7H14N2O2.C6H12N2O3.3CH2O/c1-5-9-13-31-17-25-21-22(27(23(25)29)19-33-15-11-7-3)28(20-34-16-12-8-4)24(30)26(21)18-32-14-10-6-2;1-9-14-10(11(21-5)13-6-18-2)16-12(15-9)17(7-19-3)8-20-4;1-4-15(16)9-13-7(5-18-10-2)12-8(14-9)11-6-17-3;1-8-4-9(2)7(11)10(5-8)6-12-3;1-8-4-3-5-9(6-11-2)7(8)10;1-7-3-11-5-8(4-10-2)6(7)9;3*1-2/h21-22H,5-20H2,1-4H3;11,13H,6-8H2,1-5H3;16H,2,4-6H2,1,3H3,(H,11,12,13,14);4-6H2,1-3H3;3-6H2,1-2H3;3-5H2,1-2H3;3*1H2. The summed E-state index contributed by atoms with van der Waals surface area (Å²) >= 11 is 0. The summed E-state index contributed by atoms with van der Waals surface area (Å²) in [6.45, 7) is 30.1. The fourth-order valence-corrected chi connectivity index (χ4v) is 10.0. The number of hydrogen-bond acceptors (Lipinski definition) is 35. The van der Waals surface area contributed by atoms with Crippen LogP contribution in [0.25, 0.3) is 0 Å². The molecule has 5 saturated heterocycles. The molecule has 0 aromatic carbocycles. The highest BCUT2D eigenvalue weighted by atomic mass is 16.6. The predicted molar refractivity (Wildman–Crippen MR) is 413 cm³/mol. The molecular weight excluding hydrogens is 1490 g/mol. The van der Waals surface area contributed by atoms with E-state index >= 15 is 0 Å². The van der Waals surface area contributed by atoms with Gasteiger partial charge in [0.1, 0.15) is 107 Å². The van der Waals surface area contributed by atoms with Gasteiger partial charge in [0.2, 0.25) is 11.9 Å². The third-order valence-electron chi connectivity index (χ3n) is 15.3. The van der Waals surface area contributed by atoms with Gasteiger partial charge >= 0.3 is 30.2 Å². The van der Waals surface area contributed by atoms with E-state index in [9.17, 15) is 29.2 Å². The van der Waals surface area contributed by atoms with Crippen molar-refractivity contribution in [2.75, 3.05) is 247 Å². The van der Waals surface area contributed by atoms with E-state index in [1.807, 2.05) is 39.4 Å². The van der Waals surface area contributed by atoms with Crippen LogP contribution in [0.4, 0.5) is 41.8 Å². The second kappa shape index (κ2) is 67.0. The minimum Gasteiger partial charge on any atom is -0.388 e. The zero-order valence-electron chi connectivity index (χ0n) is 70.1. The molecule has 7 heterocycles. The van der Waals surface area contributed by atoms with Crippen LogP contribution in [-0.4, -0.2) is 391 Å². The number of fused-ring (bicyclic) bond motifs is 1. The van der Waals surface area contributed by atoms with Crippen LogP contribution in [0.3, 0.4) is 0 Å². The van der Waals surface area contributed by atoms with E-state index in [1.54, 1.807) is 122 Å². The van der Waals surface area contributed by atoms with Gasteiger partial charge < -0.3 is 106 Å². The molecule has 45 nitrogen and oxygen atoms in total. The third-order valence-corrected chi connectivity index (χ3v) is 15.3. The fourth-order valence-electron chi connectivity index (χ4n) is 10.0. The largest absolute Gasteiger partial charge is 0.388 e. The molecule has 1 unspecified atom stereocenters. The second-order valence-electron chi connectivity index (χ2n) is 24.3. The molecule has 0 aliphatic carbocycles. The van der Waals surface area contributed by atoms with Crippen molar-refractivity contribution in [3.8, 4) is 0 Å². The highest BCUT2D eigenvalue weighted by Crippen LogP contribution is 2.35. The van der Waals surface area contributed by atoms with E-state index in [0.717, 1.165) is 75.9 Å². The smallest absolute Gasteiger partial charge is 0.327 e. The van der Waals surface area contributed by atoms with Gasteiger partial charge in [-0.3, -0.25) is 49.7 Å². The Morgan fingerprint density at radius 2 is 0.991 bits per heavy atom. The molecule has 3 N–H and O–H groups in total. The van der Waals surface area contributed by atoms with Crippen molar-refractivity contribution >= 4 is 75.1 Å². The van der Waals surface area contributed by atoms with Gasteiger partial charge in [-0.1, -0.05) is 53.4 Å². The number of nitrogens with zero attached hydrogens (tertiary/aromatic N) is 20. The Balaban J connectivity index is 0. The van der Waals surface area contributed by atoms with E-state index < -0.39 is 18.6 Å². The van der Waals surface area contributed by atoms with Crippen LogP contribution in [0.15, 0.2) is 5.16 Å². The molecule has 5 aliphatic heterocycles. The Bertz CT molecular complexity index is 2680. The SMILES string of the molecule is C=NOCc1nc(NCOC)nc(N(O)CC)n1.C=O.C=O.C=O.CCCCOCN1C(=O)N(COCCCC)C2C1N(COCCCC)C(=O)N2COCCCC.COCN1CCCN(C)C1=O.COCN1CN(C)CN(C)C1=O.COCN1COCN(C)C1=O.COCNC(OC)c1nc(C)nc(N(COC)COC)n1. The second-order valence-corrected chi connectivity index (χ2v) is 24.3. The summed E-state index contributed by atoms with van der Waals surface area (Å²) in [5.41, 5.74) is 0. The molecule has 0 saturated carbocycles. The first-order valence-corrected chi connectivity index (χ1v) is 36.4. The van der Waals surface area contributed by atoms with Gasteiger partial charge in [-0.2, -0.15) is 24.9 Å². The van der Waals surface area contributed by atoms with Crippen molar-refractivity contribution in [3.05, 3.63) is 17.5 Å². The summed E-state index contributed by atoms with van der Waals surface area (Å²) in [7, 11) is 19.8. The number of unbranched alkanes of at least 4 members (excludes halogenated alkanes) is 4. The maximum absolute atomic E-state index is 13.4. The lowest BCUT2D eigenvalue weighted by Crippen LogP contribution is -2.55. The van der Waals surface area contributed by atoms with Crippen LogP contribution in [0.2, 0.25) is 0 Å². The average molecular weight is 1630 g/mol. The summed E-state index contributed by atoms with van der Waals surface area (Å²) in [4.78, 5) is 135. The van der Waals surface area contributed by atoms with E-state index in [0.29, 0.717) is 117 Å². The van der Waals surface area contributed by atoms with Gasteiger partial charge in [-0.15, -0.1) is 5.16 Å². The van der Waals surface area contributed by atoms with Crippen molar-refractivity contribution in [1.82, 2.24) is 89.1 Å². The molecule has 5 fully saturated rings. The molecule has 652 valence electrons. The van der Waals surface area contributed by atoms with Crippen LogP contribution >= 0.6 is 0 Å². The quantitative estimate of drug-likeness (QED) is 0.0366. The molecule has 7 rings (SSSR count). The molecule has 2 aromatic rings. The van der Waals surface area contributed by atoms with Crippen LogP contribution in [-0.2, 0) is 87.4 Å². The maximum Gasteiger partial charge on any atom is 0.327 e. The Morgan fingerprint density at radius 1 is 0.522 bits per heavy atom. The van der Waals surface area contributed by atoms with E-state index in [1.165, 1.54) is 16.9 Å². The van der Waals surface area contributed by atoms with Crippen molar-refractivity contribution in [1.29, 1.82) is 0 Å². The highest BCUT2D eigenvalue weighted by molar-refractivity contribution is 5.85. The normalized spacial score (nSPS) is 16.0. The number of oxime groups is 1. The minimum absolute atomic E-state index is 0.0231. The number of carbonyl (C=O) groups is 8. The molecule has 0 spiro atoms. The Labute approximate surface area is 666 Å². The number of nitrogens with one attached hydrogen (secondary N) is 2. The van der Waals surface area contributed by atoms with Crippen LogP contribution in [0.1, 0.15) is 116 Å². The van der Waals surface area contributed by atoms with Gasteiger partial charge in [0.05, 0.1) is 20.1 Å². The first kappa shape index (κ1) is 107. The first-order chi connectivity index (χ1) is 54.6. The number of rotatable bonds is 44. The molecule has 45 heteroatoms. The number of urea groups is 5. The molecule has 10 amide bonds. The summed E-state index contributed by atoms with van der Waals surface area (Å²) in [6, 6.07) is -0.369. The van der Waals surface area contributed by atoms with Crippen LogP contribution in [0, 0.1) is 6.92 Å². The van der Waals surface area contributed by atoms with Crippen molar-refractivity contribution < 1.29 is 110 Å². The average Bonchev–Trinajstić information content (AvgIpc) is 1.57. The number of methoxy groups -OCH3 is 8. The fraction of sp³-hybridized carbons (Fsp3) is 0.779. The number of carbonyl (C=O) groups excluding carboxylic acids is 8. The molecule has 113 heavy (non-hydrogen) atoms. The molecule has 1 atom stereocenters. The summed E-state index contributed by atoms with van der Waals surface area (Å²) in [5.74, 6) is 2.22. The topological polar surface area (TPSA) is 442 Å². The van der Waals surface area contributed by atoms with Crippen LogP contribution < -0.4 is 20.6 Å². The molecule has 2 aromatic heterocycles. The lowest BCUT2D eigenvalue weighted by Gasteiger charge is -2.38. The van der Waals surface area contributed by atoms with Crippen LogP contribution in [0.5, 0.6) is 0 Å². The molecule has 0 radical (unpaired) electrons. The molecule has 5 aliphatic rings. The van der Waals surface area contributed by atoms with E-state index in [2.05, 4.69) is 80.1 Å². The maximum atomic E-state index is 13.4. The monoisotopic (exact) mass is 1620 g/mol. The number of ether oxygens (including phenoxy) is 13. The van der Waals surface area contributed by atoms with Gasteiger partial charge in [0.15, 0.2) is 36.8 Å². The minimum atomic E-state index is -0.521. The van der Waals surface area contributed by atoms with Gasteiger partial charge in [0.25, 0.3) is 5.95 Å². The molecule has 0 bridgehead atoms. The summed E-state index contributed by atoms with van der Waals surface area (Å²) < 4.78 is 68.3. The number of aromatic nitrogens is 6. The van der Waals surface area contributed by atoms with Crippen molar-refractivity contribution in [2.24, 2.45) is 5.16 Å².